The van der Waals surface area contributed by atoms with Gasteiger partial charge in [-0.15, -0.1) is 0 Å². The van der Waals surface area contributed by atoms with Crippen LogP contribution in [0.4, 0.5) is 0 Å². The Morgan fingerprint density at radius 3 is 2.14 bits per heavy atom. The van der Waals surface area contributed by atoms with Gasteiger partial charge in [-0.3, -0.25) is 4.79 Å². The zero-order chi connectivity index (χ0) is 10.9. The number of hydrogen-bond donors (Lipinski definition) is 5. The predicted molar refractivity (Wildman–Crippen MR) is 41.2 cm³/mol. The Hall–Kier alpha value is -0.730. The van der Waals surface area contributed by atoms with Gasteiger partial charge in [0.1, 0.15) is 18.3 Å². The van der Waals surface area contributed by atoms with Crippen LogP contribution < -0.4 is 0 Å². The highest BCUT2D eigenvalue weighted by Crippen LogP contribution is 2.21. The molecule has 7 heteroatoms. The van der Waals surface area contributed by atoms with Crippen LogP contribution >= 0.6 is 0 Å². The van der Waals surface area contributed by atoms with E-state index in [1.165, 1.54) is 0 Å². The zero-order valence-electron chi connectivity index (χ0n) is 7.15. The molecular formula is C7H12O7. The monoisotopic (exact) mass is 208 g/mol. The molecule has 0 aliphatic carbocycles. The molecule has 0 radical (unpaired) electrons. The summed E-state index contributed by atoms with van der Waals surface area (Å²) in [6.45, 7) is 0. The summed E-state index contributed by atoms with van der Waals surface area (Å²) < 4.78 is 4.61. The fraction of sp³-hybridized carbons (Fsp3) is 0.857. The predicted octanol–water partition coefficient (Wildman–Crippen LogP) is -2.74. The van der Waals surface area contributed by atoms with Crippen LogP contribution in [0.25, 0.3) is 0 Å². The van der Waals surface area contributed by atoms with Crippen LogP contribution in [-0.2, 0) is 9.53 Å². The molecule has 1 fully saturated rings. The minimum absolute atomic E-state index is 0.554. The van der Waals surface area contributed by atoms with Gasteiger partial charge in [0.25, 0.3) is 0 Å². The minimum atomic E-state index is -1.68. The van der Waals surface area contributed by atoms with Crippen LogP contribution in [0.15, 0.2) is 0 Å². The van der Waals surface area contributed by atoms with E-state index in [0.29, 0.717) is 0 Å². The second kappa shape index (κ2) is 4.20. The topological polar surface area (TPSA) is 127 Å². The molecule has 1 rings (SSSR count). The van der Waals surface area contributed by atoms with Crippen molar-refractivity contribution >= 4 is 5.97 Å². The third-order valence-electron chi connectivity index (χ3n) is 2.06. The van der Waals surface area contributed by atoms with Gasteiger partial charge in [-0.05, 0) is 0 Å². The summed E-state index contributed by atoms with van der Waals surface area (Å²) in [5.41, 5.74) is 0. The second-order valence-corrected chi connectivity index (χ2v) is 3.13. The number of carboxylic acid groups (broad SMARTS) is 1. The second-order valence-electron chi connectivity index (χ2n) is 3.13. The van der Waals surface area contributed by atoms with E-state index in [-0.39, 0.29) is 0 Å². The molecule has 7 nitrogen and oxygen atoms in total. The van der Waals surface area contributed by atoms with Gasteiger partial charge >= 0.3 is 5.97 Å². The number of carboxylic acids is 1. The number of aliphatic hydroxyl groups excluding tert-OH is 4. The fourth-order valence-electron chi connectivity index (χ4n) is 1.27. The molecule has 5 N–H and O–H groups in total. The Morgan fingerprint density at radius 2 is 1.64 bits per heavy atom. The maximum absolute atomic E-state index is 10.3. The van der Waals surface area contributed by atoms with Crippen molar-refractivity contribution in [1.29, 1.82) is 0 Å². The molecule has 1 saturated heterocycles. The van der Waals surface area contributed by atoms with Crippen molar-refractivity contribution in [1.82, 2.24) is 0 Å². The van der Waals surface area contributed by atoms with E-state index in [2.05, 4.69) is 4.74 Å². The fourth-order valence-corrected chi connectivity index (χ4v) is 1.27. The van der Waals surface area contributed by atoms with Gasteiger partial charge in [-0.1, -0.05) is 0 Å². The van der Waals surface area contributed by atoms with E-state index in [1.807, 2.05) is 0 Å². The Balaban J connectivity index is 2.65. The summed E-state index contributed by atoms with van der Waals surface area (Å²) in [6.07, 6.45) is -8.22. The van der Waals surface area contributed by atoms with E-state index in [4.69, 9.17) is 20.4 Å². The Labute approximate surface area is 79.2 Å². The number of carbonyl (C=O) groups is 1. The summed E-state index contributed by atoms with van der Waals surface area (Å²) in [4.78, 5) is 10.3. The van der Waals surface area contributed by atoms with Gasteiger partial charge in [0.05, 0.1) is 12.5 Å². The molecule has 0 saturated carbocycles. The normalized spacial score (nSPS) is 43.6. The summed E-state index contributed by atoms with van der Waals surface area (Å²) in [7, 11) is 0. The van der Waals surface area contributed by atoms with Crippen molar-refractivity contribution in [3.63, 3.8) is 0 Å². The van der Waals surface area contributed by atoms with Gasteiger partial charge in [0.2, 0.25) is 0 Å². The minimum Gasteiger partial charge on any atom is -0.481 e. The average Bonchev–Trinajstić information content (AvgIpc) is 2.10. The summed E-state index contributed by atoms with van der Waals surface area (Å²) >= 11 is 0. The highest BCUT2D eigenvalue weighted by molar-refractivity contribution is 5.67. The lowest BCUT2D eigenvalue weighted by Crippen LogP contribution is -2.57. The molecular weight excluding hydrogens is 196 g/mol. The van der Waals surface area contributed by atoms with Gasteiger partial charge in [0.15, 0.2) is 6.29 Å². The highest BCUT2D eigenvalue weighted by Gasteiger charge is 2.43. The molecule has 0 spiro atoms. The van der Waals surface area contributed by atoms with Crippen molar-refractivity contribution in [2.75, 3.05) is 0 Å². The molecule has 1 unspecified atom stereocenters. The van der Waals surface area contributed by atoms with Crippen molar-refractivity contribution in [2.24, 2.45) is 0 Å². The van der Waals surface area contributed by atoms with Crippen LogP contribution in [0, 0.1) is 0 Å². The Morgan fingerprint density at radius 1 is 1.07 bits per heavy atom. The SMILES string of the molecule is O=C(O)C[C@H]1OC(O)[C@H](O)[C@@H](O)[C@@H]1O. The van der Waals surface area contributed by atoms with Crippen molar-refractivity contribution in [2.45, 2.75) is 37.1 Å². The molecule has 0 aromatic carbocycles. The lowest BCUT2D eigenvalue weighted by atomic mass is 9.97. The van der Waals surface area contributed by atoms with E-state index < -0.39 is 43.1 Å². The number of aliphatic carboxylic acids is 1. The molecule has 0 amide bonds. The van der Waals surface area contributed by atoms with Crippen LogP contribution in [0.5, 0.6) is 0 Å². The van der Waals surface area contributed by atoms with Crippen molar-refractivity contribution < 1.29 is 35.1 Å². The molecule has 1 aliphatic rings. The quantitative estimate of drug-likeness (QED) is 0.333. The van der Waals surface area contributed by atoms with Crippen LogP contribution in [0.2, 0.25) is 0 Å². The lowest BCUT2D eigenvalue weighted by Gasteiger charge is -2.37. The first-order valence-electron chi connectivity index (χ1n) is 4.03. The third kappa shape index (κ3) is 2.20. The molecule has 1 heterocycles. The molecule has 0 aromatic heterocycles. The van der Waals surface area contributed by atoms with Crippen molar-refractivity contribution in [3.8, 4) is 0 Å². The number of rotatable bonds is 2. The molecule has 5 atom stereocenters. The van der Waals surface area contributed by atoms with Crippen molar-refractivity contribution in [3.05, 3.63) is 0 Å². The van der Waals surface area contributed by atoms with Gasteiger partial charge < -0.3 is 30.3 Å². The number of hydrogen-bond acceptors (Lipinski definition) is 6. The van der Waals surface area contributed by atoms with Crippen LogP contribution in [-0.4, -0.2) is 62.2 Å². The number of ether oxygens (including phenoxy) is 1. The van der Waals surface area contributed by atoms with E-state index in [1.54, 1.807) is 0 Å². The zero-order valence-corrected chi connectivity index (χ0v) is 7.15. The average molecular weight is 208 g/mol. The van der Waals surface area contributed by atoms with Crippen LogP contribution in [0.1, 0.15) is 6.42 Å². The molecule has 0 bridgehead atoms. The molecule has 82 valence electrons. The largest absolute Gasteiger partial charge is 0.481 e. The highest BCUT2D eigenvalue weighted by atomic mass is 16.6. The Kier molecular flexibility index (Phi) is 3.40. The smallest absolute Gasteiger partial charge is 0.306 e. The standard InChI is InChI=1S/C7H12O7/c8-3(9)1-2-4(10)5(11)6(12)7(13)14-2/h2,4-7,10-13H,1H2,(H,8,9)/t2-,4-,5+,6-,7?/m1/s1. The van der Waals surface area contributed by atoms with Crippen LogP contribution in [0.3, 0.4) is 0 Å². The van der Waals surface area contributed by atoms with E-state index in [9.17, 15) is 9.90 Å². The maximum atomic E-state index is 10.3. The molecule has 14 heavy (non-hydrogen) atoms. The maximum Gasteiger partial charge on any atom is 0.306 e. The van der Waals surface area contributed by atoms with E-state index in [0.717, 1.165) is 0 Å². The summed E-state index contributed by atoms with van der Waals surface area (Å²) in [5, 5.41) is 44.9. The summed E-state index contributed by atoms with van der Waals surface area (Å²) in [6, 6.07) is 0. The first-order chi connectivity index (χ1) is 6.43. The van der Waals surface area contributed by atoms with Gasteiger partial charge in [-0.25, -0.2) is 0 Å². The first kappa shape index (κ1) is 11.3. The first-order valence-corrected chi connectivity index (χ1v) is 4.03. The lowest BCUT2D eigenvalue weighted by molar-refractivity contribution is -0.282. The third-order valence-corrected chi connectivity index (χ3v) is 2.06. The molecule has 0 aromatic rings. The van der Waals surface area contributed by atoms with Gasteiger partial charge in [0, 0.05) is 0 Å². The number of aliphatic hydroxyl groups is 4. The van der Waals surface area contributed by atoms with Gasteiger partial charge in [-0.2, -0.15) is 0 Å². The summed E-state index contributed by atoms with van der Waals surface area (Å²) in [5.74, 6) is -1.23. The Bertz CT molecular complexity index is 218. The van der Waals surface area contributed by atoms with E-state index >= 15 is 0 Å². The molecule has 1 aliphatic heterocycles.